The highest BCUT2D eigenvalue weighted by molar-refractivity contribution is 7.13. The van der Waals surface area contributed by atoms with Crippen LogP contribution >= 0.6 is 11.3 Å². The molecule has 0 aliphatic heterocycles. The molecule has 0 spiro atoms. The molecule has 0 fully saturated rings. The molecule has 0 bridgehead atoms. The smallest absolute Gasteiger partial charge is 0.260 e. The van der Waals surface area contributed by atoms with Crippen LogP contribution < -0.4 is 5.73 Å². The lowest BCUT2D eigenvalue weighted by Gasteiger charge is -1.95. The molecular formula is C10H9N3OS. The van der Waals surface area contributed by atoms with Crippen molar-refractivity contribution in [2.45, 2.75) is 6.42 Å². The molecule has 0 aliphatic rings. The highest BCUT2D eigenvalue weighted by Gasteiger charge is 2.06. The summed E-state index contributed by atoms with van der Waals surface area (Å²) < 4.78 is 0. The Morgan fingerprint density at radius 3 is 2.73 bits per heavy atom. The summed E-state index contributed by atoms with van der Waals surface area (Å²) in [5, 5.41) is 0.884. The zero-order valence-corrected chi connectivity index (χ0v) is 8.70. The highest BCUT2D eigenvalue weighted by atomic mass is 32.1. The predicted molar refractivity (Wildman–Crippen MR) is 57.7 cm³/mol. The van der Waals surface area contributed by atoms with Crippen LogP contribution in [-0.4, -0.2) is 15.9 Å². The summed E-state index contributed by atoms with van der Waals surface area (Å²) in [7, 11) is 0. The van der Waals surface area contributed by atoms with Gasteiger partial charge >= 0.3 is 0 Å². The summed E-state index contributed by atoms with van der Waals surface area (Å²) >= 11 is 1.33. The van der Waals surface area contributed by atoms with Gasteiger partial charge in [-0.25, -0.2) is 4.98 Å². The zero-order chi connectivity index (χ0) is 10.7. The molecular weight excluding hydrogens is 210 g/mol. The van der Waals surface area contributed by atoms with E-state index >= 15 is 0 Å². The first-order valence-electron chi connectivity index (χ1n) is 4.39. The van der Waals surface area contributed by atoms with Gasteiger partial charge in [0.15, 0.2) is 0 Å². The lowest BCUT2D eigenvalue weighted by Crippen LogP contribution is -2.08. The normalized spacial score (nSPS) is 10.1. The van der Waals surface area contributed by atoms with Crippen molar-refractivity contribution >= 4 is 17.2 Å². The molecule has 0 unspecified atom stereocenters. The van der Waals surface area contributed by atoms with Gasteiger partial charge in [-0.1, -0.05) is 0 Å². The monoisotopic (exact) mass is 219 g/mol. The van der Waals surface area contributed by atoms with Gasteiger partial charge in [-0.05, 0) is 17.7 Å². The van der Waals surface area contributed by atoms with Crippen molar-refractivity contribution in [3.05, 3.63) is 46.2 Å². The maximum Gasteiger partial charge on any atom is 0.260 e. The van der Waals surface area contributed by atoms with Crippen LogP contribution in [0.3, 0.4) is 0 Å². The molecule has 0 atom stereocenters. The average molecular weight is 219 g/mol. The Morgan fingerprint density at radius 2 is 2.13 bits per heavy atom. The number of carbonyl (C=O) groups is 1. The van der Waals surface area contributed by atoms with Gasteiger partial charge in [-0.2, -0.15) is 0 Å². The maximum absolute atomic E-state index is 10.8. The van der Waals surface area contributed by atoms with Crippen LogP contribution in [-0.2, 0) is 6.42 Å². The van der Waals surface area contributed by atoms with E-state index in [1.807, 2.05) is 12.1 Å². The molecule has 2 heterocycles. The van der Waals surface area contributed by atoms with Crippen molar-refractivity contribution in [2.24, 2.45) is 5.73 Å². The third-order valence-electron chi connectivity index (χ3n) is 1.90. The summed E-state index contributed by atoms with van der Waals surface area (Å²) in [5.41, 5.74) is 6.26. The second-order valence-electron chi connectivity index (χ2n) is 3.01. The second-order valence-corrected chi connectivity index (χ2v) is 4.13. The second kappa shape index (κ2) is 4.18. The average Bonchev–Trinajstić information content (AvgIpc) is 2.68. The van der Waals surface area contributed by atoms with Crippen LogP contribution in [0, 0.1) is 0 Å². The molecule has 2 rings (SSSR count). The number of pyridine rings is 1. The Kier molecular flexibility index (Phi) is 2.73. The van der Waals surface area contributed by atoms with Gasteiger partial charge < -0.3 is 5.73 Å². The fourth-order valence-corrected chi connectivity index (χ4v) is 1.99. The Morgan fingerprint density at radius 1 is 1.40 bits per heavy atom. The van der Waals surface area contributed by atoms with Crippen molar-refractivity contribution in [2.75, 3.05) is 0 Å². The summed E-state index contributed by atoms with van der Waals surface area (Å²) in [6, 6.07) is 3.84. The number of rotatable bonds is 3. The summed E-state index contributed by atoms with van der Waals surface area (Å²) in [6.07, 6.45) is 5.69. The molecule has 2 aromatic rings. The van der Waals surface area contributed by atoms with Gasteiger partial charge in [0.25, 0.3) is 5.91 Å². The Bertz CT molecular complexity index is 467. The largest absolute Gasteiger partial charge is 0.365 e. The highest BCUT2D eigenvalue weighted by Crippen LogP contribution is 2.15. The van der Waals surface area contributed by atoms with E-state index in [-0.39, 0.29) is 0 Å². The number of hydrogen-bond donors (Lipinski definition) is 1. The quantitative estimate of drug-likeness (QED) is 0.844. The van der Waals surface area contributed by atoms with E-state index in [0.29, 0.717) is 11.3 Å². The van der Waals surface area contributed by atoms with Crippen LogP contribution in [0.4, 0.5) is 0 Å². The molecule has 2 N–H and O–H groups in total. The summed E-state index contributed by atoms with van der Waals surface area (Å²) in [4.78, 5) is 19.4. The predicted octanol–water partition coefficient (Wildman–Crippen LogP) is 1.23. The third-order valence-corrected chi connectivity index (χ3v) is 2.91. The van der Waals surface area contributed by atoms with Crippen molar-refractivity contribution < 1.29 is 4.79 Å². The third kappa shape index (κ3) is 2.38. The minimum Gasteiger partial charge on any atom is -0.365 e. The Labute approximate surface area is 90.8 Å². The van der Waals surface area contributed by atoms with E-state index in [9.17, 15) is 4.79 Å². The molecule has 0 radical (unpaired) electrons. The first-order chi connectivity index (χ1) is 7.25. The van der Waals surface area contributed by atoms with E-state index in [1.54, 1.807) is 12.4 Å². The van der Waals surface area contributed by atoms with E-state index in [1.165, 1.54) is 17.5 Å². The van der Waals surface area contributed by atoms with Crippen LogP contribution in [0.1, 0.15) is 20.2 Å². The fourth-order valence-electron chi connectivity index (χ4n) is 1.18. The lowest BCUT2D eigenvalue weighted by molar-refractivity contribution is 0.100. The van der Waals surface area contributed by atoms with E-state index in [0.717, 1.165) is 10.6 Å². The zero-order valence-electron chi connectivity index (χ0n) is 7.88. The number of aromatic nitrogens is 2. The molecule has 4 nitrogen and oxygen atoms in total. The standard InChI is InChI=1S/C10H9N3OS/c11-10(14)8-6-13-9(15-8)5-7-1-3-12-4-2-7/h1-4,6H,5H2,(H2,11,14). The van der Waals surface area contributed by atoms with Gasteiger partial charge in [-0.3, -0.25) is 9.78 Å². The van der Waals surface area contributed by atoms with E-state index in [4.69, 9.17) is 5.73 Å². The minimum absolute atomic E-state index is 0.423. The Balaban J connectivity index is 2.15. The topological polar surface area (TPSA) is 68.9 Å². The van der Waals surface area contributed by atoms with Gasteiger partial charge in [0.05, 0.1) is 11.2 Å². The Hall–Kier alpha value is -1.75. The van der Waals surface area contributed by atoms with Gasteiger partial charge in [0.2, 0.25) is 0 Å². The van der Waals surface area contributed by atoms with E-state index < -0.39 is 5.91 Å². The van der Waals surface area contributed by atoms with Crippen molar-refractivity contribution in [3.63, 3.8) is 0 Å². The van der Waals surface area contributed by atoms with Gasteiger partial charge in [0.1, 0.15) is 4.88 Å². The van der Waals surface area contributed by atoms with Crippen molar-refractivity contribution in [1.82, 2.24) is 9.97 Å². The molecule has 76 valence electrons. The van der Waals surface area contributed by atoms with E-state index in [2.05, 4.69) is 9.97 Å². The molecule has 5 heteroatoms. The molecule has 0 aromatic carbocycles. The number of carbonyl (C=O) groups excluding carboxylic acids is 1. The molecule has 0 aliphatic carbocycles. The summed E-state index contributed by atoms with van der Waals surface area (Å²) in [5.74, 6) is -0.423. The number of thiazole rings is 1. The summed E-state index contributed by atoms with van der Waals surface area (Å²) in [6.45, 7) is 0. The molecule has 1 amide bonds. The maximum atomic E-state index is 10.8. The van der Waals surface area contributed by atoms with Crippen LogP contribution in [0.15, 0.2) is 30.7 Å². The fraction of sp³-hybridized carbons (Fsp3) is 0.100. The molecule has 0 saturated heterocycles. The number of nitrogens with two attached hydrogens (primary N) is 1. The first-order valence-corrected chi connectivity index (χ1v) is 5.21. The number of hydrogen-bond acceptors (Lipinski definition) is 4. The first kappa shape index (κ1) is 9.79. The number of primary amides is 1. The number of amides is 1. The van der Waals surface area contributed by atoms with Crippen LogP contribution in [0.25, 0.3) is 0 Å². The lowest BCUT2D eigenvalue weighted by atomic mass is 10.2. The van der Waals surface area contributed by atoms with Gasteiger partial charge in [0, 0.05) is 18.8 Å². The molecule has 0 saturated carbocycles. The molecule has 2 aromatic heterocycles. The van der Waals surface area contributed by atoms with Crippen molar-refractivity contribution in [3.8, 4) is 0 Å². The SMILES string of the molecule is NC(=O)c1cnc(Cc2ccncc2)s1. The van der Waals surface area contributed by atoms with Crippen LogP contribution in [0.2, 0.25) is 0 Å². The molecule has 15 heavy (non-hydrogen) atoms. The van der Waals surface area contributed by atoms with Gasteiger partial charge in [-0.15, -0.1) is 11.3 Å². The van der Waals surface area contributed by atoms with Crippen LogP contribution in [0.5, 0.6) is 0 Å². The minimum atomic E-state index is -0.423. The number of nitrogens with zero attached hydrogens (tertiary/aromatic N) is 2. The van der Waals surface area contributed by atoms with Crippen molar-refractivity contribution in [1.29, 1.82) is 0 Å².